The zero-order chi connectivity index (χ0) is 20.5. The maximum atomic E-state index is 4.62. The van der Waals surface area contributed by atoms with E-state index in [2.05, 4.69) is 55.1 Å². The number of piperidine rings is 1. The SMILES string of the molecule is CN1CCC(n2cc(-c3cnc(-c4cccc(-c5cnn(C)c5)c4)nc3)cn2)CC1. The molecule has 0 radical (unpaired) electrons. The van der Waals surface area contributed by atoms with Crippen molar-refractivity contribution in [2.24, 2.45) is 7.05 Å². The number of aromatic nitrogens is 6. The Morgan fingerprint density at radius 3 is 2.20 bits per heavy atom. The second-order valence-corrected chi connectivity index (χ2v) is 8.02. The highest BCUT2D eigenvalue weighted by Crippen LogP contribution is 2.27. The number of rotatable bonds is 4. The Labute approximate surface area is 176 Å². The van der Waals surface area contributed by atoms with Gasteiger partial charge in [0.15, 0.2) is 5.82 Å². The maximum Gasteiger partial charge on any atom is 0.159 e. The van der Waals surface area contributed by atoms with Gasteiger partial charge in [-0.1, -0.05) is 18.2 Å². The first kappa shape index (κ1) is 18.7. The van der Waals surface area contributed by atoms with Crippen LogP contribution < -0.4 is 0 Å². The average molecular weight is 400 g/mol. The number of benzene rings is 1. The molecule has 0 unspecified atom stereocenters. The van der Waals surface area contributed by atoms with Gasteiger partial charge in [-0.05, 0) is 44.6 Å². The first-order valence-electron chi connectivity index (χ1n) is 10.3. The lowest BCUT2D eigenvalue weighted by Crippen LogP contribution is -2.31. The van der Waals surface area contributed by atoms with Crippen LogP contribution in [0.15, 0.2) is 61.4 Å². The van der Waals surface area contributed by atoms with Crippen molar-refractivity contribution in [1.82, 2.24) is 34.4 Å². The van der Waals surface area contributed by atoms with Crippen LogP contribution in [-0.4, -0.2) is 54.6 Å². The van der Waals surface area contributed by atoms with Gasteiger partial charge in [-0.2, -0.15) is 10.2 Å². The summed E-state index contributed by atoms with van der Waals surface area (Å²) in [4.78, 5) is 11.6. The number of hydrogen-bond acceptors (Lipinski definition) is 5. The third kappa shape index (κ3) is 3.76. The molecule has 0 amide bonds. The number of nitrogens with zero attached hydrogens (tertiary/aromatic N) is 7. The Bertz CT molecular complexity index is 1130. The molecule has 0 saturated carbocycles. The van der Waals surface area contributed by atoms with Crippen molar-refractivity contribution in [3.05, 3.63) is 61.4 Å². The summed E-state index contributed by atoms with van der Waals surface area (Å²) >= 11 is 0. The molecule has 0 N–H and O–H groups in total. The zero-order valence-corrected chi connectivity index (χ0v) is 17.3. The minimum atomic E-state index is 0.477. The molecular formula is C23H25N7. The summed E-state index contributed by atoms with van der Waals surface area (Å²) in [6, 6.07) is 8.72. The summed E-state index contributed by atoms with van der Waals surface area (Å²) in [6.45, 7) is 2.24. The van der Waals surface area contributed by atoms with Crippen LogP contribution >= 0.6 is 0 Å². The van der Waals surface area contributed by atoms with Crippen molar-refractivity contribution in [2.45, 2.75) is 18.9 Å². The second-order valence-electron chi connectivity index (χ2n) is 8.02. The molecule has 7 heteroatoms. The first-order chi connectivity index (χ1) is 14.7. The zero-order valence-electron chi connectivity index (χ0n) is 17.3. The lowest BCUT2D eigenvalue weighted by molar-refractivity contribution is 0.212. The molecule has 1 aliphatic heterocycles. The van der Waals surface area contributed by atoms with Gasteiger partial charge in [0, 0.05) is 54.1 Å². The molecule has 0 spiro atoms. The Hall–Kier alpha value is -3.32. The van der Waals surface area contributed by atoms with E-state index in [0.29, 0.717) is 11.9 Å². The summed E-state index contributed by atoms with van der Waals surface area (Å²) < 4.78 is 3.91. The molecule has 30 heavy (non-hydrogen) atoms. The Morgan fingerprint density at radius 2 is 1.47 bits per heavy atom. The molecule has 1 aromatic carbocycles. The van der Waals surface area contributed by atoms with Crippen molar-refractivity contribution in [2.75, 3.05) is 20.1 Å². The van der Waals surface area contributed by atoms with Gasteiger partial charge in [-0.3, -0.25) is 9.36 Å². The third-order valence-corrected chi connectivity index (χ3v) is 5.81. The number of hydrogen-bond donors (Lipinski definition) is 0. The predicted molar refractivity (Wildman–Crippen MR) is 117 cm³/mol. The molecular weight excluding hydrogens is 374 g/mol. The smallest absolute Gasteiger partial charge is 0.159 e. The van der Waals surface area contributed by atoms with Gasteiger partial charge < -0.3 is 4.90 Å². The molecule has 4 heterocycles. The maximum absolute atomic E-state index is 4.62. The van der Waals surface area contributed by atoms with Gasteiger partial charge in [0.25, 0.3) is 0 Å². The summed E-state index contributed by atoms with van der Waals surface area (Å²) in [6.07, 6.45) is 14.0. The minimum Gasteiger partial charge on any atom is -0.306 e. The normalized spacial score (nSPS) is 15.5. The van der Waals surface area contributed by atoms with Crippen LogP contribution in [0.2, 0.25) is 0 Å². The molecule has 1 aliphatic rings. The molecule has 7 nitrogen and oxygen atoms in total. The molecule has 4 aromatic rings. The largest absolute Gasteiger partial charge is 0.306 e. The van der Waals surface area contributed by atoms with Gasteiger partial charge in [-0.25, -0.2) is 9.97 Å². The summed E-state index contributed by atoms with van der Waals surface area (Å²) in [5.74, 6) is 0.715. The van der Waals surface area contributed by atoms with E-state index >= 15 is 0 Å². The van der Waals surface area contributed by atoms with Crippen molar-refractivity contribution in [3.8, 4) is 33.6 Å². The summed E-state index contributed by atoms with van der Waals surface area (Å²) in [7, 11) is 4.10. The monoisotopic (exact) mass is 399 g/mol. The van der Waals surface area contributed by atoms with E-state index in [-0.39, 0.29) is 0 Å². The van der Waals surface area contributed by atoms with Crippen molar-refractivity contribution < 1.29 is 0 Å². The Morgan fingerprint density at radius 1 is 0.767 bits per heavy atom. The van der Waals surface area contributed by atoms with E-state index in [1.54, 1.807) is 4.68 Å². The molecule has 0 atom stereocenters. The van der Waals surface area contributed by atoms with Crippen LogP contribution in [0.4, 0.5) is 0 Å². The Kier molecular flexibility index (Phi) is 4.88. The van der Waals surface area contributed by atoms with Crippen LogP contribution in [0.3, 0.4) is 0 Å². The van der Waals surface area contributed by atoms with Gasteiger partial charge in [-0.15, -0.1) is 0 Å². The highest BCUT2D eigenvalue weighted by atomic mass is 15.3. The van der Waals surface area contributed by atoms with E-state index in [0.717, 1.165) is 53.7 Å². The van der Waals surface area contributed by atoms with E-state index < -0.39 is 0 Å². The van der Waals surface area contributed by atoms with Gasteiger partial charge >= 0.3 is 0 Å². The lowest BCUT2D eigenvalue weighted by atomic mass is 10.1. The van der Waals surface area contributed by atoms with Gasteiger partial charge in [0.05, 0.1) is 18.4 Å². The third-order valence-electron chi connectivity index (χ3n) is 5.81. The van der Waals surface area contributed by atoms with Crippen LogP contribution in [0.25, 0.3) is 33.6 Å². The highest BCUT2D eigenvalue weighted by molar-refractivity contribution is 5.70. The molecule has 3 aromatic heterocycles. The predicted octanol–water partition coefficient (Wildman–Crippen LogP) is 3.67. The molecule has 5 rings (SSSR count). The van der Waals surface area contributed by atoms with E-state index in [4.69, 9.17) is 0 Å². The van der Waals surface area contributed by atoms with Crippen LogP contribution in [0, 0.1) is 0 Å². The number of likely N-dealkylation sites (tertiary alicyclic amines) is 1. The molecule has 0 aliphatic carbocycles. The molecule has 152 valence electrons. The van der Waals surface area contributed by atoms with E-state index in [9.17, 15) is 0 Å². The van der Waals surface area contributed by atoms with Crippen LogP contribution in [-0.2, 0) is 7.05 Å². The van der Waals surface area contributed by atoms with E-state index in [1.807, 2.05) is 50.2 Å². The highest BCUT2D eigenvalue weighted by Gasteiger charge is 2.19. The van der Waals surface area contributed by atoms with Crippen molar-refractivity contribution >= 4 is 0 Å². The Balaban J connectivity index is 1.35. The van der Waals surface area contributed by atoms with E-state index in [1.165, 1.54) is 0 Å². The molecule has 1 saturated heterocycles. The fourth-order valence-electron chi connectivity index (χ4n) is 3.98. The standard InChI is InChI=1S/C23H25N7/c1-28-8-6-22(7-9-28)30-16-21(14-27-30)19-11-24-23(25-12-19)18-5-3-4-17(10-18)20-13-26-29(2)15-20/h3-5,10-16,22H,6-9H2,1-2H3. The molecule has 1 fully saturated rings. The fraction of sp³-hybridized carbons (Fsp3) is 0.304. The van der Waals surface area contributed by atoms with Crippen molar-refractivity contribution in [3.63, 3.8) is 0 Å². The summed E-state index contributed by atoms with van der Waals surface area (Å²) in [5.41, 5.74) is 5.22. The molecule has 0 bridgehead atoms. The fourth-order valence-corrected chi connectivity index (χ4v) is 3.98. The quantitative estimate of drug-likeness (QED) is 0.524. The minimum absolute atomic E-state index is 0.477. The van der Waals surface area contributed by atoms with Crippen LogP contribution in [0.1, 0.15) is 18.9 Å². The van der Waals surface area contributed by atoms with Gasteiger partial charge in [0.2, 0.25) is 0 Å². The first-order valence-corrected chi connectivity index (χ1v) is 10.3. The lowest BCUT2D eigenvalue weighted by Gasteiger charge is -2.28. The van der Waals surface area contributed by atoms with Crippen LogP contribution in [0.5, 0.6) is 0 Å². The van der Waals surface area contributed by atoms with Gasteiger partial charge in [0.1, 0.15) is 0 Å². The average Bonchev–Trinajstić information content (AvgIpc) is 3.44. The second kappa shape index (κ2) is 7.84. The summed E-state index contributed by atoms with van der Waals surface area (Å²) in [5, 5.41) is 8.86. The topological polar surface area (TPSA) is 64.7 Å². The number of aryl methyl sites for hydroxylation is 1. The van der Waals surface area contributed by atoms with Crippen molar-refractivity contribution in [1.29, 1.82) is 0 Å².